The van der Waals surface area contributed by atoms with Gasteiger partial charge in [-0.2, -0.15) is 0 Å². The van der Waals surface area contributed by atoms with E-state index in [2.05, 4.69) is 9.97 Å². The Balaban J connectivity index is 2.00. The Labute approximate surface area is 159 Å². The molecule has 1 N–H and O–H groups in total. The second-order valence-corrected chi connectivity index (χ2v) is 6.25. The first kappa shape index (κ1) is 19.3. The molecule has 3 aromatic rings. The highest BCUT2D eigenvalue weighted by Crippen LogP contribution is 2.21. The van der Waals surface area contributed by atoms with Gasteiger partial charge in [0.25, 0.3) is 11.2 Å². The molecule has 0 amide bonds. The zero-order chi connectivity index (χ0) is 20.3. The van der Waals surface area contributed by atoms with Crippen molar-refractivity contribution in [2.75, 3.05) is 0 Å². The van der Waals surface area contributed by atoms with Gasteiger partial charge in [0.05, 0.1) is 11.0 Å². The van der Waals surface area contributed by atoms with Crippen LogP contribution in [0.1, 0.15) is 32.5 Å². The lowest BCUT2D eigenvalue weighted by Gasteiger charge is -2.08. The number of nitro groups is 1. The van der Waals surface area contributed by atoms with E-state index in [0.717, 1.165) is 12.8 Å². The number of imidazole rings is 1. The van der Waals surface area contributed by atoms with Crippen molar-refractivity contribution in [3.8, 4) is 5.75 Å². The topological polar surface area (TPSA) is 125 Å². The molecule has 0 aliphatic heterocycles. The van der Waals surface area contributed by atoms with Crippen LogP contribution in [0.3, 0.4) is 0 Å². The summed E-state index contributed by atoms with van der Waals surface area (Å²) < 4.78 is 8.81. The fraction of sp³-hybridized carbons (Fsp3) is 0.389. The van der Waals surface area contributed by atoms with E-state index in [1.54, 1.807) is 10.6 Å². The third-order valence-corrected chi connectivity index (χ3v) is 4.41. The minimum absolute atomic E-state index is 0.00506. The maximum Gasteiger partial charge on any atom is 0.330 e. The van der Waals surface area contributed by atoms with Crippen LogP contribution in [0.5, 0.6) is 5.75 Å². The third kappa shape index (κ3) is 3.66. The average Bonchev–Trinajstić information content (AvgIpc) is 3.05. The highest BCUT2D eigenvalue weighted by molar-refractivity contribution is 5.71. The van der Waals surface area contributed by atoms with Gasteiger partial charge in [0.2, 0.25) is 0 Å². The number of aromatic nitrogens is 4. The number of benzene rings is 1. The minimum atomic E-state index is -0.500. The summed E-state index contributed by atoms with van der Waals surface area (Å²) in [6.45, 7) is 4.79. The number of ether oxygens (including phenoxy) is 1. The Morgan fingerprint density at radius 2 is 2.04 bits per heavy atom. The fourth-order valence-electron chi connectivity index (χ4n) is 3.03. The Bertz CT molecular complexity index is 1130. The molecule has 2 aromatic heterocycles. The predicted molar refractivity (Wildman–Crippen MR) is 103 cm³/mol. The highest BCUT2D eigenvalue weighted by Gasteiger charge is 2.18. The van der Waals surface area contributed by atoms with Crippen molar-refractivity contribution in [1.82, 2.24) is 19.1 Å². The van der Waals surface area contributed by atoms with Crippen molar-refractivity contribution >= 4 is 16.9 Å². The van der Waals surface area contributed by atoms with Crippen molar-refractivity contribution in [3.05, 3.63) is 61.0 Å². The number of nitrogens with one attached hydrogen (secondary N) is 1. The van der Waals surface area contributed by atoms with Crippen molar-refractivity contribution in [2.45, 2.75) is 46.4 Å². The number of aryl methyl sites for hydroxylation is 2. The summed E-state index contributed by atoms with van der Waals surface area (Å²) in [6, 6.07) is 5.84. The molecule has 10 nitrogen and oxygen atoms in total. The second-order valence-electron chi connectivity index (χ2n) is 6.25. The van der Waals surface area contributed by atoms with Gasteiger partial charge in [0.15, 0.2) is 11.2 Å². The summed E-state index contributed by atoms with van der Waals surface area (Å²) in [6.07, 6.45) is 1.67. The number of fused-ring (bicyclic) bond motifs is 1. The number of H-pyrrole nitrogens is 1. The van der Waals surface area contributed by atoms with E-state index in [1.165, 1.54) is 22.8 Å². The van der Waals surface area contributed by atoms with Gasteiger partial charge in [-0.3, -0.25) is 24.5 Å². The van der Waals surface area contributed by atoms with Gasteiger partial charge >= 0.3 is 5.69 Å². The van der Waals surface area contributed by atoms with Gasteiger partial charge in [-0.1, -0.05) is 19.4 Å². The van der Waals surface area contributed by atoms with Crippen molar-refractivity contribution in [3.63, 3.8) is 0 Å². The normalized spacial score (nSPS) is 11.1. The summed E-state index contributed by atoms with van der Waals surface area (Å²) in [4.78, 5) is 41.8. The van der Waals surface area contributed by atoms with Crippen LogP contribution in [-0.2, 0) is 19.7 Å². The molecule has 0 radical (unpaired) electrons. The number of hydrogen-bond acceptors (Lipinski definition) is 6. The molecule has 28 heavy (non-hydrogen) atoms. The number of nitro benzene ring substituents is 1. The standard InChI is InChI=1S/C18H21N5O5/c1-3-5-9-22-16-15(17(24)20-18(22)25)21(4-2)14(19-16)11-28-13-8-6-7-12(10-13)23(26)27/h6-8,10H,3-5,9,11H2,1-2H3,(H,20,24,25). The highest BCUT2D eigenvalue weighted by atomic mass is 16.6. The maximum atomic E-state index is 12.4. The number of hydrogen-bond donors (Lipinski definition) is 1. The molecule has 0 unspecified atom stereocenters. The minimum Gasteiger partial charge on any atom is -0.485 e. The molecule has 0 aliphatic carbocycles. The zero-order valence-electron chi connectivity index (χ0n) is 15.7. The molecule has 0 fully saturated rings. The van der Waals surface area contributed by atoms with Gasteiger partial charge < -0.3 is 9.30 Å². The van der Waals surface area contributed by atoms with Crippen LogP contribution in [-0.4, -0.2) is 24.0 Å². The van der Waals surface area contributed by atoms with E-state index in [9.17, 15) is 19.7 Å². The van der Waals surface area contributed by atoms with E-state index in [0.29, 0.717) is 35.8 Å². The van der Waals surface area contributed by atoms with Crippen LogP contribution in [0.15, 0.2) is 33.9 Å². The molecule has 0 spiro atoms. The Morgan fingerprint density at radius 1 is 1.25 bits per heavy atom. The summed E-state index contributed by atoms with van der Waals surface area (Å²) in [5.41, 5.74) is -0.426. The molecule has 0 saturated carbocycles. The van der Waals surface area contributed by atoms with Gasteiger partial charge in [0.1, 0.15) is 18.2 Å². The Morgan fingerprint density at radius 3 is 2.71 bits per heavy atom. The Hall–Kier alpha value is -3.43. The number of rotatable bonds is 8. The smallest absolute Gasteiger partial charge is 0.330 e. The van der Waals surface area contributed by atoms with Crippen LogP contribution in [0.25, 0.3) is 11.2 Å². The summed E-state index contributed by atoms with van der Waals surface area (Å²) in [5.74, 6) is 0.784. The SMILES string of the molecule is CCCCn1c(=O)[nH]c(=O)c2c1nc(COc1cccc([N+](=O)[O-])c1)n2CC. The fourth-order valence-corrected chi connectivity index (χ4v) is 3.03. The van der Waals surface area contributed by atoms with E-state index < -0.39 is 16.2 Å². The molecule has 0 bridgehead atoms. The lowest BCUT2D eigenvalue weighted by Crippen LogP contribution is -2.31. The number of nitrogens with zero attached hydrogens (tertiary/aromatic N) is 4. The monoisotopic (exact) mass is 387 g/mol. The largest absolute Gasteiger partial charge is 0.485 e. The first-order valence-corrected chi connectivity index (χ1v) is 9.05. The van der Waals surface area contributed by atoms with Crippen molar-refractivity contribution in [1.29, 1.82) is 0 Å². The van der Waals surface area contributed by atoms with Gasteiger partial charge in [0, 0.05) is 19.2 Å². The first-order chi connectivity index (χ1) is 13.5. The van der Waals surface area contributed by atoms with Crippen LogP contribution in [0, 0.1) is 10.1 Å². The summed E-state index contributed by atoms with van der Waals surface area (Å²) in [7, 11) is 0. The van der Waals surface area contributed by atoms with E-state index >= 15 is 0 Å². The van der Waals surface area contributed by atoms with E-state index in [4.69, 9.17) is 4.74 Å². The molecule has 0 saturated heterocycles. The molecule has 10 heteroatoms. The molecule has 1 aromatic carbocycles. The van der Waals surface area contributed by atoms with Gasteiger partial charge in [-0.15, -0.1) is 0 Å². The number of unbranched alkanes of at least 4 members (excludes halogenated alkanes) is 1. The van der Waals surface area contributed by atoms with E-state index in [-0.39, 0.29) is 12.3 Å². The number of non-ortho nitro benzene ring substituents is 1. The van der Waals surface area contributed by atoms with Gasteiger partial charge in [-0.05, 0) is 19.4 Å². The quantitative estimate of drug-likeness (QED) is 0.466. The lowest BCUT2D eigenvalue weighted by atomic mass is 10.3. The molecule has 0 aliphatic rings. The van der Waals surface area contributed by atoms with Crippen LogP contribution in [0.4, 0.5) is 5.69 Å². The zero-order valence-corrected chi connectivity index (χ0v) is 15.7. The molecular weight excluding hydrogens is 366 g/mol. The molecular formula is C18H21N5O5. The molecule has 2 heterocycles. The number of aromatic amines is 1. The molecule has 3 rings (SSSR count). The average molecular weight is 387 g/mol. The predicted octanol–water partition coefficient (Wildman–Crippen LogP) is 2.19. The lowest BCUT2D eigenvalue weighted by molar-refractivity contribution is -0.384. The van der Waals surface area contributed by atoms with Crippen molar-refractivity contribution < 1.29 is 9.66 Å². The summed E-state index contributed by atoms with van der Waals surface area (Å²) in [5, 5.41) is 10.9. The van der Waals surface area contributed by atoms with Gasteiger partial charge in [-0.25, -0.2) is 9.78 Å². The van der Waals surface area contributed by atoms with Crippen molar-refractivity contribution in [2.24, 2.45) is 0 Å². The van der Waals surface area contributed by atoms with Crippen LogP contribution < -0.4 is 16.0 Å². The molecule has 148 valence electrons. The third-order valence-electron chi connectivity index (χ3n) is 4.41. The van der Waals surface area contributed by atoms with E-state index in [1.807, 2.05) is 13.8 Å². The summed E-state index contributed by atoms with van der Waals surface area (Å²) >= 11 is 0. The first-order valence-electron chi connectivity index (χ1n) is 9.05. The second kappa shape index (κ2) is 8.07. The van der Waals surface area contributed by atoms with Crippen LogP contribution in [0.2, 0.25) is 0 Å². The molecule has 0 atom stereocenters. The maximum absolute atomic E-state index is 12.4. The Kier molecular flexibility index (Phi) is 5.57. The van der Waals surface area contributed by atoms with Crippen LogP contribution >= 0.6 is 0 Å².